The summed E-state index contributed by atoms with van der Waals surface area (Å²) in [5, 5.41) is 4.03. The molecule has 0 saturated heterocycles. The summed E-state index contributed by atoms with van der Waals surface area (Å²) in [5.41, 5.74) is 1.46. The first-order chi connectivity index (χ1) is 10.0. The summed E-state index contributed by atoms with van der Waals surface area (Å²) in [4.78, 5) is 19.2. The second kappa shape index (κ2) is 6.70. The Bertz CT molecular complexity index is 543. The molecule has 1 amide bonds. The summed E-state index contributed by atoms with van der Waals surface area (Å²) in [6, 6.07) is 6.31. The van der Waals surface area contributed by atoms with Gasteiger partial charge in [0, 0.05) is 24.4 Å². The number of amides is 1. The monoisotopic (exact) mass is 292 g/mol. The molecule has 0 bridgehead atoms. The number of rotatable bonds is 5. The van der Waals surface area contributed by atoms with Crippen LogP contribution >= 0.6 is 0 Å². The van der Waals surface area contributed by atoms with Gasteiger partial charge in [-0.25, -0.2) is 4.39 Å². The second-order valence-corrected chi connectivity index (χ2v) is 5.51. The van der Waals surface area contributed by atoms with Crippen molar-refractivity contribution >= 4 is 11.6 Å². The lowest BCUT2D eigenvalue weighted by atomic mass is 10.0. The van der Waals surface area contributed by atoms with Crippen molar-refractivity contribution in [1.29, 1.82) is 0 Å². The molecule has 0 aromatic heterocycles. The second-order valence-electron chi connectivity index (χ2n) is 5.51. The fourth-order valence-corrected chi connectivity index (χ4v) is 2.35. The van der Waals surface area contributed by atoms with E-state index in [9.17, 15) is 9.18 Å². The standard InChI is InChI=1S/C16H21FN2O2/c1-4-19(16(20)11(2)3)10-14-9-15(18-21-14)12-6-5-7-13(17)8-12/h5-8,11,14H,4,9-10H2,1-3H3/t14-/m0/s1. The molecule has 1 aromatic carbocycles. The minimum atomic E-state index is -0.288. The van der Waals surface area contributed by atoms with Crippen molar-refractivity contribution in [1.82, 2.24) is 4.90 Å². The van der Waals surface area contributed by atoms with Crippen LogP contribution in [-0.2, 0) is 9.63 Å². The Balaban J connectivity index is 1.96. The van der Waals surface area contributed by atoms with Crippen LogP contribution in [0.25, 0.3) is 0 Å². The normalized spacial score (nSPS) is 17.6. The molecular formula is C16H21FN2O2. The highest BCUT2D eigenvalue weighted by molar-refractivity contribution is 6.01. The van der Waals surface area contributed by atoms with E-state index in [1.54, 1.807) is 11.0 Å². The molecule has 4 nitrogen and oxygen atoms in total. The van der Waals surface area contributed by atoms with Gasteiger partial charge in [0.05, 0.1) is 12.3 Å². The number of nitrogens with zero attached hydrogens (tertiary/aromatic N) is 2. The molecule has 2 rings (SSSR count). The maximum atomic E-state index is 13.2. The van der Waals surface area contributed by atoms with E-state index in [1.165, 1.54) is 12.1 Å². The summed E-state index contributed by atoms with van der Waals surface area (Å²) >= 11 is 0. The van der Waals surface area contributed by atoms with E-state index in [-0.39, 0.29) is 23.7 Å². The molecule has 1 heterocycles. The van der Waals surface area contributed by atoms with E-state index in [4.69, 9.17) is 4.84 Å². The Hall–Kier alpha value is -1.91. The molecule has 114 valence electrons. The highest BCUT2D eigenvalue weighted by Gasteiger charge is 2.26. The van der Waals surface area contributed by atoms with Crippen LogP contribution in [0.3, 0.4) is 0 Å². The third kappa shape index (κ3) is 3.80. The number of oxime groups is 1. The first-order valence-electron chi connectivity index (χ1n) is 7.28. The van der Waals surface area contributed by atoms with Gasteiger partial charge < -0.3 is 9.74 Å². The Kier molecular flexibility index (Phi) is 4.94. The van der Waals surface area contributed by atoms with Gasteiger partial charge in [0.1, 0.15) is 5.82 Å². The van der Waals surface area contributed by atoms with Crippen molar-refractivity contribution in [2.75, 3.05) is 13.1 Å². The molecule has 0 aliphatic carbocycles. The zero-order chi connectivity index (χ0) is 15.4. The Morgan fingerprint density at radius 1 is 1.52 bits per heavy atom. The lowest BCUT2D eigenvalue weighted by molar-refractivity contribution is -0.136. The molecular weight excluding hydrogens is 271 g/mol. The lowest BCUT2D eigenvalue weighted by Crippen LogP contribution is -2.39. The van der Waals surface area contributed by atoms with Crippen LogP contribution in [0.2, 0.25) is 0 Å². The van der Waals surface area contributed by atoms with Crippen molar-refractivity contribution < 1.29 is 14.0 Å². The number of hydrogen-bond acceptors (Lipinski definition) is 3. The van der Waals surface area contributed by atoms with E-state index >= 15 is 0 Å². The summed E-state index contributed by atoms with van der Waals surface area (Å²) in [5.74, 6) is -0.209. The van der Waals surface area contributed by atoms with Gasteiger partial charge in [0.25, 0.3) is 0 Å². The maximum Gasteiger partial charge on any atom is 0.225 e. The molecule has 0 radical (unpaired) electrons. The third-order valence-corrected chi connectivity index (χ3v) is 3.50. The predicted octanol–water partition coefficient (Wildman–Crippen LogP) is 2.82. The molecule has 5 heteroatoms. The molecule has 1 aliphatic heterocycles. The van der Waals surface area contributed by atoms with E-state index in [1.807, 2.05) is 26.8 Å². The topological polar surface area (TPSA) is 41.9 Å². The predicted molar refractivity (Wildman–Crippen MR) is 79.5 cm³/mol. The average Bonchev–Trinajstić information content (AvgIpc) is 2.92. The van der Waals surface area contributed by atoms with Crippen LogP contribution in [-0.4, -0.2) is 35.7 Å². The van der Waals surface area contributed by atoms with Gasteiger partial charge in [0.2, 0.25) is 5.91 Å². The van der Waals surface area contributed by atoms with Crippen molar-refractivity contribution in [3.05, 3.63) is 35.6 Å². The van der Waals surface area contributed by atoms with Crippen LogP contribution in [0.5, 0.6) is 0 Å². The third-order valence-electron chi connectivity index (χ3n) is 3.50. The molecule has 1 atom stereocenters. The van der Waals surface area contributed by atoms with Crippen LogP contribution in [0, 0.1) is 11.7 Å². The molecule has 0 N–H and O–H groups in total. The lowest BCUT2D eigenvalue weighted by Gasteiger charge is -2.24. The van der Waals surface area contributed by atoms with E-state index in [0.29, 0.717) is 19.5 Å². The average molecular weight is 292 g/mol. The molecule has 0 saturated carbocycles. The van der Waals surface area contributed by atoms with Crippen molar-refractivity contribution in [2.45, 2.75) is 33.3 Å². The number of halogens is 1. The van der Waals surface area contributed by atoms with Gasteiger partial charge in [0.15, 0.2) is 6.10 Å². The van der Waals surface area contributed by atoms with E-state index < -0.39 is 0 Å². The Morgan fingerprint density at radius 3 is 2.90 bits per heavy atom. The van der Waals surface area contributed by atoms with E-state index in [2.05, 4.69) is 5.16 Å². The van der Waals surface area contributed by atoms with Crippen LogP contribution in [0.1, 0.15) is 32.8 Å². The quantitative estimate of drug-likeness (QED) is 0.837. The van der Waals surface area contributed by atoms with Gasteiger partial charge in [-0.05, 0) is 19.1 Å². The van der Waals surface area contributed by atoms with Gasteiger partial charge in [-0.2, -0.15) is 0 Å². The van der Waals surface area contributed by atoms with Crippen molar-refractivity contribution in [3.8, 4) is 0 Å². The fraction of sp³-hybridized carbons (Fsp3) is 0.500. The molecule has 0 unspecified atom stereocenters. The van der Waals surface area contributed by atoms with E-state index in [0.717, 1.165) is 11.3 Å². The highest BCUT2D eigenvalue weighted by Crippen LogP contribution is 2.19. The first-order valence-corrected chi connectivity index (χ1v) is 7.28. The molecule has 1 aliphatic rings. The Morgan fingerprint density at radius 2 is 2.29 bits per heavy atom. The van der Waals surface area contributed by atoms with Crippen molar-refractivity contribution in [2.24, 2.45) is 11.1 Å². The Labute approximate surface area is 124 Å². The zero-order valence-corrected chi connectivity index (χ0v) is 12.7. The molecule has 1 aromatic rings. The number of benzene rings is 1. The summed E-state index contributed by atoms with van der Waals surface area (Å²) in [6.07, 6.45) is 0.427. The van der Waals surface area contributed by atoms with Crippen LogP contribution in [0.15, 0.2) is 29.4 Å². The van der Waals surface area contributed by atoms with Gasteiger partial charge in [-0.15, -0.1) is 0 Å². The minimum Gasteiger partial charge on any atom is -0.390 e. The van der Waals surface area contributed by atoms with Gasteiger partial charge >= 0.3 is 0 Å². The molecule has 0 fully saturated rings. The van der Waals surface area contributed by atoms with Gasteiger partial charge in [-0.1, -0.05) is 31.1 Å². The largest absolute Gasteiger partial charge is 0.390 e. The fourth-order valence-electron chi connectivity index (χ4n) is 2.35. The number of carbonyl (C=O) groups excluding carboxylic acids is 1. The molecule has 0 spiro atoms. The number of hydrogen-bond donors (Lipinski definition) is 0. The van der Waals surface area contributed by atoms with Crippen LogP contribution < -0.4 is 0 Å². The zero-order valence-electron chi connectivity index (χ0n) is 12.7. The first kappa shape index (κ1) is 15.5. The SMILES string of the molecule is CCN(C[C@@H]1CC(c2cccc(F)c2)=NO1)C(=O)C(C)C. The highest BCUT2D eigenvalue weighted by atomic mass is 19.1. The molecule has 21 heavy (non-hydrogen) atoms. The van der Waals surface area contributed by atoms with Gasteiger partial charge in [-0.3, -0.25) is 4.79 Å². The van der Waals surface area contributed by atoms with Crippen LogP contribution in [0.4, 0.5) is 4.39 Å². The summed E-state index contributed by atoms with van der Waals surface area (Å²) < 4.78 is 13.2. The summed E-state index contributed by atoms with van der Waals surface area (Å²) in [6.45, 7) is 6.87. The smallest absolute Gasteiger partial charge is 0.225 e. The maximum absolute atomic E-state index is 13.2. The minimum absolute atomic E-state index is 0.0324. The summed E-state index contributed by atoms with van der Waals surface area (Å²) in [7, 11) is 0. The van der Waals surface area contributed by atoms with Crippen molar-refractivity contribution in [3.63, 3.8) is 0 Å². The number of carbonyl (C=O) groups is 1. The number of likely N-dealkylation sites (N-methyl/N-ethyl adjacent to an activating group) is 1.